The summed E-state index contributed by atoms with van der Waals surface area (Å²) in [5.74, 6) is -1.87. The Hall–Kier alpha value is -1.85. The maximum atomic E-state index is 13.6. The molecule has 22 heavy (non-hydrogen) atoms. The first kappa shape index (κ1) is 16.5. The van der Waals surface area contributed by atoms with E-state index in [1.165, 1.54) is 11.0 Å². The van der Waals surface area contributed by atoms with E-state index in [0.717, 1.165) is 12.1 Å². The van der Waals surface area contributed by atoms with Crippen LogP contribution in [0.3, 0.4) is 0 Å². The lowest BCUT2D eigenvalue weighted by Crippen LogP contribution is -2.46. The van der Waals surface area contributed by atoms with E-state index in [1.54, 1.807) is 20.8 Å². The Morgan fingerprint density at radius 3 is 2.50 bits per heavy atom. The van der Waals surface area contributed by atoms with Crippen molar-refractivity contribution in [3.8, 4) is 5.75 Å². The average molecular weight is 313 g/mol. The van der Waals surface area contributed by atoms with Gasteiger partial charge in [0.05, 0.1) is 6.54 Å². The maximum absolute atomic E-state index is 13.6. The van der Waals surface area contributed by atoms with Crippen molar-refractivity contribution in [1.82, 2.24) is 4.90 Å². The fourth-order valence-corrected chi connectivity index (χ4v) is 2.29. The predicted molar refractivity (Wildman–Crippen MR) is 77.8 cm³/mol. The van der Waals surface area contributed by atoms with Crippen molar-refractivity contribution >= 4 is 6.09 Å². The van der Waals surface area contributed by atoms with E-state index in [-0.39, 0.29) is 6.54 Å². The summed E-state index contributed by atoms with van der Waals surface area (Å²) in [5.41, 5.74) is -0.581. The molecule has 0 aromatic heterocycles. The highest BCUT2D eigenvalue weighted by molar-refractivity contribution is 5.68. The number of benzene rings is 1. The van der Waals surface area contributed by atoms with Gasteiger partial charge in [-0.05, 0) is 45.7 Å². The molecule has 122 valence electrons. The van der Waals surface area contributed by atoms with Crippen molar-refractivity contribution < 1.29 is 23.0 Å². The Balaban J connectivity index is 2.00. The van der Waals surface area contributed by atoms with Gasteiger partial charge in [-0.3, -0.25) is 0 Å². The van der Waals surface area contributed by atoms with Crippen LogP contribution in [0.25, 0.3) is 0 Å². The molecule has 1 fully saturated rings. The fourth-order valence-electron chi connectivity index (χ4n) is 2.29. The number of piperidine rings is 1. The Labute approximate surface area is 129 Å². The van der Waals surface area contributed by atoms with Crippen LogP contribution >= 0.6 is 0 Å². The van der Waals surface area contributed by atoms with Crippen LogP contribution in [0.2, 0.25) is 0 Å². The van der Waals surface area contributed by atoms with E-state index in [4.69, 9.17) is 9.47 Å². The summed E-state index contributed by atoms with van der Waals surface area (Å²) in [5, 5.41) is 0. The number of carbonyl (C=O) groups is 1. The molecule has 1 heterocycles. The standard InChI is InChI=1S/C16H21F2NO3/c1-16(2,3)22-15(20)19-9-5-6-11(10-19)21-14-12(17)7-4-8-13(14)18/h4,7-8,11H,5-6,9-10H2,1-3H3/t11-/m0/s1. The van der Waals surface area contributed by atoms with E-state index in [1.807, 2.05) is 0 Å². The molecule has 0 radical (unpaired) electrons. The molecule has 1 aromatic carbocycles. The average Bonchev–Trinajstić information content (AvgIpc) is 2.41. The van der Waals surface area contributed by atoms with Crippen LogP contribution in [-0.4, -0.2) is 35.8 Å². The lowest BCUT2D eigenvalue weighted by molar-refractivity contribution is 0.00692. The Kier molecular flexibility index (Phi) is 4.88. The molecule has 1 aromatic rings. The van der Waals surface area contributed by atoms with E-state index < -0.39 is 35.2 Å². The summed E-state index contributed by atoms with van der Waals surface area (Å²) in [6, 6.07) is 3.57. The third-order valence-electron chi connectivity index (χ3n) is 3.23. The quantitative estimate of drug-likeness (QED) is 0.835. The van der Waals surface area contributed by atoms with Gasteiger partial charge in [0, 0.05) is 6.54 Å². The summed E-state index contributed by atoms with van der Waals surface area (Å²) in [4.78, 5) is 13.6. The zero-order valence-corrected chi connectivity index (χ0v) is 13.1. The van der Waals surface area contributed by atoms with Gasteiger partial charge in [-0.25, -0.2) is 13.6 Å². The van der Waals surface area contributed by atoms with Crippen molar-refractivity contribution in [3.05, 3.63) is 29.8 Å². The number of rotatable bonds is 2. The van der Waals surface area contributed by atoms with E-state index >= 15 is 0 Å². The molecule has 1 aliphatic heterocycles. The summed E-state index contributed by atoms with van der Waals surface area (Å²) < 4.78 is 38.0. The van der Waals surface area contributed by atoms with Crippen LogP contribution in [0.15, 0.2) is 18.2 Å². The Morgan fingerprint density at radius 2 is 1.91 bits per heavy atom. The lowest BCUT2D eigenvalue weighted by atomic mass is 10.1. The van der Waals surface area contributed by atoms with E-state index in [0.29, 0.717) is 19.4 Å². The van der Waals surface area contributed by atoms with Crippen LogP contribution in [0, 0.1) is 11.6 Å². The number of nitrogens with zero attached hydrogens (tertiary/aromatic N) is 1. The van der Waals surface area contributed by atoms with Crippen molar-refractivity contribution in [2.75, 3.05) is 13.1 Å². The smallest absolute Gasteiger partial charge is 0.410 e. The second kappa shape index (κ2) is 6.50. The molecule has 1 saturated heterocycles. The Morgan fingerprint density at radius 1 is 1.27 bits per heavy atom. The number of carbonyl (C=O) groups excluding carboxylic acids is 1. The first-order chi connectivity index (χ1) is 10.3. The molecule has 2 rings (SSSR count). The SMILES string of the molecule is CC(C)(C)OC(=O)N1CCC[C@H](Oc2c(F)cccc2F)C1. The number of likely N-dealkylation sites (tertiary alicyclic amines) is 1. The van der Waals surface area contributed by atoms with Gasteiger partial charge < -0.3 is 14.4 Å². The van der Waals surface area contributed by atoms with Crippen LogP contribution in [0.5, 0.6) is 5.75 Å². The van der Waals surface area contributed by atoms with Crippen LogP contribution in [-0.2, 0) is 4.74 Å². The zero-order chi connectivity index (χ0) is 16.3. The summed E-state index contributed by atoms with van der Waals surface area (Å²) in [7, 11) is 0. The molecular formula is C16H21F2NO3. The minimum absolute atomic E-state index is 0.253. The predicted octanol–water partition coefficient (Wildman–Crippen LogP) is 3.74. The summed E-state index contributed by atoms with van der Waals surface area (Å²) in [6.07, 6.45) is 0.440. The maximum Gasteiger partial charge on any atom is 0.410 e. The van der Waals surface area contributed by atoms with Crippen LogP contribution < -0.4 is 4.74 Å². The van der Waals surface area contributed by atoms with E-state index in [9.17, 15) is 13.6 Å². The van der Waals surface area contributed by atoms with Crippen molar-refractivity contribution in [2.45, 2.75) is 45.3 Å². The first-order valence-corrected chi connectivity index (χ1v) is 7.35. The fraction of sp³-hybridized carbons (Fsp3) is 0.562. The molecular weight excluding hydrogens is 292 g/mol. The van der Waals surface area contributed by atoms with Gasteiger partial charge in [0.25, 0.3) is 0 Å². The number of para-hydroxylation sites is 1. The van der Waals surface area contributed by atoms with E-state index in [2.05, 4.69) is 0 Å². The first-order valence-electron chi connectivity index (χ1n) is 7.35. The van der Waals surface area contributed by atoms with Gasteiger partial charge >= 0.3 is 6.09 Å². The molecule has 0 bridgehead atoms. The zero-order valence-electron chi connectivity index (χ0n) is 13.1. The third kappa shape index (κ3) is 4.32. The third-order valence-corrected chi connectivity index (χ3v) is 3.23. The van der Waals surface area contributed by atoms with Gasteiger partial charge in [-0.2, -0.15) is 0 Å². The molecule has 0 saturated carbocycles. The Bertz CT molecular complexity index is 522. The van der Waals surface area contributed by atoms with Crippen LogP contribution in [0.1, 0.15) is 33.6 Å². The molecule has 0 spiro atoms. The number of hydrogen-bond donors (Lipinski definition) is 0. The lowest BCUT2D eigenvalue weighted by Gasteiger charge is -2.34. The van der Waals surface area contributed by atoms with Gasteiger partial charge in [-0.15, -0.1) is 0 Å². The molecule has 0 N–H and O–H groups in total. The molecule has 0 unspecified atom stereocenters. The minimum Gasteiger partial charge on any atom is -0.482 e. The van der Waals surface area contributed by atoms with Crippen LogP contribution in [0.4, 0.5) is 13.6 Å². The normalized spacial score (nSPS) is 19.0. The molecule has 6 heteroatoms. The van der Waals surface area contributed by atoms with Gasteiger partial charge in [-0.1, -0.05) is 6.07 Å². The largest absolute Gasteiger partial charge is 0.482 e. The van der Waals surface area contributed by atoms with Gasteiger partial charge in [0.15, 0.2) is 17.4 Å². The number of ether oxygens (including phenoxy) is 2. The number of halogens is 2. The van der Waals surface area contributed by atoms with Crippen molar-refractivity contribution in [3.63, 3.8) is 0 Å². The van der Waals surface area contributed by atoms with Crippen molar-refractivity contribution in [2.24, 2.45) is 0 Å². The highest BCUT2D eigenvalue weighted by Gasteiger charge is 2.29. The highest BCUT2D eigenvalue weighted by atomic mass is 19.1. The minimum atomic E-state index is -0.741. The number of hydrogen-bond acceptors (Lipinski definition) is 3. The summed E-state index contributed by atoms with van der Waals surface area (Å²) in [6.45, 7) is 6.17. The second-order valence-corrected chi connectivity index (χ2v) is 6.36. The topological polar surface area (TPSA) is 38.8 Å². The molecule has 0 aliphatic carbocycles. The molecule has 4 nitrogen and oxygen atoms in total. The van der Waals surface area contributed by atoms with Gasteiger partial charge in [0.2, 0.25) is 0 Å². The molecule has 1 atom stereocenters. The van der Waals surface area contributed by atoms with Crippen molar-refractivity contribution in [1.29, 1.82) is 0 Å². The molecule has 1 amide bonds. The molecule has 1 aliphatic rings. The van der Waals surface area contributed by atoms with Gasteiger partial charge in [0.1, 0.15) is 11.7 Å². The highest BCUT2D eigenvalue weighted by Crippen LogP contribution is 2.25. The summed E-state index contributed by atoms with van der Waals surface area (Å²) >= 11 is 0. The monoisotopic (exact) mass is 313 g/mol. The second-order valence-electron chi connectivity index (χ2n) is 6.36. The number of amides is 1.